The van der Waals surface area contributed by atoms with Gasteiger partial charge in [-0.05, 0) is 73.9 Å². The van der Waals surface area contributed by atoms with Crippen molar-refractivity contribution in [3.63, 3.8) is 0 Å². The van der Waals surface area contributed by atoms with Gasteiger partial charge in [-0.15, -0.1) is 11.3 Å². The molecule has 0 aliphatic heterocycles. The molecule has 0 saturated heterocycles. The summed E-state index contributed by atoms with van der Waals surface area (Å²) in [4.78, 5) is 27.1. The van der Waals surface area contributed by atoms with Crippen LogP contribution in [0.5, 0.6) is 0 Å². The number of thiophene rings is 1. The molecule has 0 radical (unpaired) electrons. The van der Waals surface area contributed by atoms with Gasteiger partial charge < -0.3 is 10.4 Å². The average Bonchev–Trinajstić information content (AvgIpc) is 3.45. The molecule has 5 aliphatic rings. The van der Waals surface area contributed by atoms with E-state index in [1.165, 1.54) is 35.7 Å². The summed E-state index contributed by atoms with van der Waals surface area (Å²) >= 11 is 2.84. The Kier molecular flexibility index (Phi) is 6.31. The van der Waals surface area contributed by atoms with E-state index in [0.29, 0.717) is 23.5 Å². The number of nitrogens with zero attached hydrogens (tertiary/aromatic N) is 2. The van der Waals surface area contributed by atoms with Gasteiger partial charge in [-0.1, -0.05) is 0 Å². The molecule has 182 valence electrons. The number of halogens is 2. The monoisotopic (exact) mass is 507 g/mol. The lowest BCUT2D eigenvalue weighted by atomic mass is 9.67. The van der Waals surface area contributed by atoms with Crippen molar-refractivity contribution in [3.05, 3.63) is 27.4 Å². The molecule has 2 aromatic heterocycles. The number of hydrogen-bond acceptors (Lipinski definition) is 7. The first kappa shape index (κ1) is 23.5. The first-order chi connectivity index (χ1) is 16.3. The van der Waals surface area contributed by atoms with E-state index in [4.69, 9.17) is 5.11 Å². The van der Waals surface area contributed by atoms with Gasteiger partial charge >= 0.3 is 5.97 Å². The van der Waals surface area contributed by atoms with E-state index in [0.717, 1.165) is 63.8 Å². The van der Waals surface area contributed by atoms with Crippen molar-refractivity contribution >= 4 is 40.1 Å². The number of hydrogen-bond donors (Lipinski definition) is 2. The SMILES string of the molecule is CNc1sc2c(c1-c1nc(C3CC3)ns1)CCC(F)(F)C2.O=CC1=C(C(=O)O)C2CCC1CC2. The van der Waals surface area contributed by atoms with Crippen LogP contribution in [0.15, 0.2) is 11.1 Å². The highest BCUT2D eigenvalue weighted by molar-refractivity contribution is 7.17. The molecule has 34 heavy (non-hydrogen) atoms. The van der Waals surface area contributed by atoms with Crippen molar-refractivity contribution in [3.8, 4) is 10.6 Å². The van der Waals surface area contributed by atoms with Gasteiger partial charge in [0.2, 0.25) is 0 Å². The zero-order chi connectivity index (χ0) is 24.0. The Labute approximate surface area is 204 Å². The Morgan fingerprint density at radius 1 is 1.15 bits per heavy atom. The number of nitrogens with one attached hydrogen (secondary N) is 1. The molecule has 0 unspecified atom stereocenters. The summed E-state index contributed by atoms with van der Waals surface area (Å²) in [7, 11) is 1.84. The number of carboxylic acid groups (broad SMARTS) is 1. The van der Waals surface area contributed by atoms with Crippen molar-refractivity contribution in [1.82, 2.24) is 9.36 Å². The zero-order valence-electron chi connectivity index (χ0n) is 18.9. The summed E-state index contributed by atoms with van der Waals surface area (Å²) in [5.41, 5.74) is 3.03. The fraction of sp³-hybridized carbons (Fsp3) is 0.583. The number of carbonyl (C=O) groups is 2. The zero-order valence-corrected chi connectivity index (χ0v) is 20.5. The molecule has 2 saturated carbocycles. The number of rotatable bonds is 5. The highest BCUT2D eigenvalue weighted by Gasteiger charge is 2.39. The maximum Gasteiger partial charge on any atom is 0.332 e. The van der Waals surface area contributed by atoms with Gasteiger partial charge in [0.1, 0.15) is 17.1 Å². The van der Waals surface area contributed by atoms with Crippen molar-refractivity contribution in [1.29, 1.82) is 0 Å². The van der Waals surface area contributed by atoms with Gasteiger partial charge in [-0.3, -0.25) is 4.79 Å². The van der Waals surface area contributed by atoms with Gasteiger partial charge in [0.15, 0.2) is 0 Å². The number of anilines is 1. The van der Waals surface area contributed by atoms with Crippen LogP contribution in [0, 0.1) is 11.8 Å². The quantitative estimate of drug-likeness (QED) is 0.505. The van der Waals surface area contributed by atoms with Crippen LogP contribution in [-0.4, -0.2) is 39.7 Å². The Morgan fingerprint density at radius 3 is 2.41 bits per heavy atom. The molecule has 2 fully saturated rings. The smallest absolute Gasteiger partial charge is 0.332 e. The van der Waals surface area contributed by atoms with Crippen molar-refractivity contribution in [2.45, 2.75) is 69.6 Å². The molecule has 5 aliphatic carbocycles. The van der Waals surface area contributed by atoms with Gasteiger partial charge in [0.25, 0.3) is 5.92 Å². The molecule has 6 nitrogen and oxygen atoms in total. The fourth-order valence-corrected chi connectivity index (χ4v) is 7.57. The topological polar surface area (TPSA) is 92.2 Å². The Bertz CT molecular complexity index is 1140. The van der Waals surface area contributed by atoms with Crippen LogP contribution in [-0.2, 0) is 22.4 Å². The number of carbonyl (C=O) groups excluding carboxylic acids is 1. The maximum absolute atomic E-state index is 13.6. The van der Waals surface area contributed by atoms with E-state index in [-0.39, 0.29) is 24.7 Å². The van der Waals surface area contributed by atoms with Crippen LogP contribution in [0.2, 0.25) is 0 Å². The minimum atomic E-state index is -2.57. The summed E-state index contributed by atoms with van der Waals surface area (Å²) in [5, 5.41) is 13.9. The normalized spacial score (nSPS) is 24.8. The molecule has 0 spiro atoms. The van der Waals surface area contributed by atoms with Crippen molar-refractivity contribution in [2.24, 2.45) is 11.8 Å². The highest BCUT2D eigenvalue weighted by Crippen LogP contribution is 2.48. The summed E-state index contributed by atoms with van der Waals surface area (Å²) in [6.07, 6.45) is 7.19. The summed E-state index contributed by atoms with van der Waals surface area (Å²) in [5.74, 6) is -1.64. The van der Waals surface area contributed by atoms with Crippen molar-refractivity contribution < 1.29 is 23.5 Å². The van der Waals surface area contributed by atoms with Crippen LogP contribution in [0.4, 0.5) is 13.8 Å². The Hall–Kier alpha value is -2.20. The summed E-state index contributed by atoms with van der Waals surface area (Å²) < 4.78 is 31.7. The van der Waals surface area contributed by atoms with Crippen LogP contribution >= 0.6 is 22.9 Å². The lowest BCUT2D eigenvalue weighted by molar-refractivity contribution is -0.134. The standard InChI is InChI=1S/C14H15F2N3S2.C10H12O3/c1-17-12-10(13-18-11(19-21-13)7-2-3-7)8-4-5-14(15,16)6-9(8)20-12;11-5-8-6-1-3-7(4-2-6)9(8)10(12)13/h7,17H,2-6H2,1H3;5-7H,1-4H2,(H,12,13). The number of aromatic nitrogens is 2. The first-order valence-electron chi connectivity index (χ1n) is 11.8. The van der Waals surface area contributed by atoms with E-state index in [9.17, 15) is 18.4 Å². The minimum absolute atomic E-state index is 0.0683. The molecule has 2 bridgehead atoms. The van der Waals surface area contributed by atoms with E-state index < -0.39 is 11.9 Å². The molecule has 2 aromatic rings. The van der Waals surface area contributed by atoms with Crippen molar-refractivity contribution in [2.75, 3.05) is 12.4 Å². The van der Waals surface area contributed by atoms with Gasteiger partial charge in [-0.2, -0.15) is 4.37 Å². The molecule has 0 aromatic carbocycles. The lowest BCUT2D eigenvalue weighted by Crippen LogP contribution is -2.30. The predicted molar refractivity (Wildman–Crippen MR) is 128 cm³/mol. The van der Waals surface area contributed by atoms with Crippen LogP contribution in [0.1, 0.15) is 67.1 Å². The largest absolute Gasteiger partial charge is 0.478 e. The molecule has 2 heterocycles. The van der Waals surface area contributed by atoms with Gasteiger partial charge in [0, 0.05) is 47.4 Å². The van der Waals surface area contributed by atoms with E-state index in [1.54, 1.807) is 0 Å². The van der Waals surface area contributed by atoms with Crippen LogP contribution in [0.25, 0.3) is 10.6 Å². The molecule has 2 N–H and O–H groups in total. The van der Waals surface area contributed by atoms with E-state index in [2.05, 4.69) is 14.7 Å². The second-order valence-corrected chi connectivity index (χ2v) is 11.4. The number of alkyl halides is 2. The molecule has 0 atom stereocenters. The number of carboxylic acids is 1. The number of aldehydes is 1. The lowest BCUT2D eigenvalue weighted by Gasteiger charge is -2.36. The third-order valence-electron chi connectivity index (χ3n) is 7.32. The third-order valence-corrected chi connectivity index (χ3v) is 9.32. The second kappa shape index (κ2) is 9.11. The van der Waals surface area contributed by atoms with Crippen LogP contribution in [0.3, 0.4) is 0 Å². The highest BCUT2D eigenvalue weighted by atomic mass is 32.1. The van der Waals surface area contributed by atoms with Gasteiger partial charge in [-0.25, -0.2) is 18.6 Å². The molecular formula is C24H27F2N3O3S2. The van der Waals surface area contributed by atoms with Gasteiger partial charge in [0.05, 0.1) is 5.00 Å². The summed E-state index contributed by atoms with van der Waals surface area (Å²) in [6, 6.07) is 0. The van der Waals surface area contributed by atoms with E-state index in [1.807, 2.05) is 7.05 Å². The molecular weight excluding hydrogens is 480 g/mol. The average molecular weight is 508 g/mol. The van der Waals surface area contributed by atoms with Crippen LogP contribution < -0.4 is 5.32 Å². The van der Waals surface area contributed by atoms with E-state index >= 15 is 0 Å². The number of allylic oxidation sites excluding steroid dienone is 1. The Morgan fingerprint density at radius 2 is 1.82 bits per heavy atom. The third kappa shape index (κ3) is 4.42. The fourth-order valence-electron chi connectivity index (χ4n) is 5.40. The maximum atomic E-state index is 13.6. The molecule has 0 amide bonds. The molecule has 7 rings (SSSR count). The number of aliphatic carboxylic acids is 1. The second-order valence-electron chi connectivity index (χ2n) is 9.56. The number of fused-ring (bicyclic) bond motifs is 3. The Balaban J connectivity index is 0.000000159. The molecule has 10 heteroatoms. The summed E-state index contributed by atoms with van der Waals surface area (Å²) in [6.45, 7) is 0. The first-order valence-corrected chi connectivity index (χ1v) is 13.4. The predicted octanol–water partition coefficient (Wildman–Crippen LogP) is 5.70. The minimum Gasteiger partial charge on any atom is -0.478 e.